The summed E-state index contributed by atoms with van der Waals surface area (Å²) in [6.07, 6.45) is 3.65. The molecule has 0 spiro atoms. The van der Waals surface area contributed by atoms with Gasteiger partial charge < -0.3 is 0 Å². The summed E-state index contributed by atoms with van der Waals surface area (Å²) in [6, 6.07) is 39.6. The topological polar surface area (TPSA) is 64.5 Å². The summed E-state index contributed by atoms with van der Waals surface area (Å²) in [5.41, 5.74) is 9.43. The standard InChI is InChI=1S/C37H21N5/c1-2-8-31-27(7-1)33(28-15-11-23-6-4-20-39-35(23)37(28)42-31)32-18-14-25-21-26(13-17-29(25)40-32)30-16-12-24-10-9-22-5-3-19-38-34(22)36(24)41-30/h1-21H. The molecule has 0 aliphatic carbocycles. The van der Waals surface area contributed by atoms with E-state index in [1.807, 2.05) is 30.6 Å². The third kappa shape index (κ3) is 3.47. The molecule has 0 fully saturated rings. The van der Waals surface area contributed by atoms with Crippen LogP contribution in [-0.4, -0.2) is 24.9 Å². The van der Waals surface area contributed by atoms with Crippen LogP contribution < -0.4 is 0 Å². The number of para-hydroxylation sites is 1. The molecule has 9 aromatic rings. The molecule has 0 saturated carbocycles. The number of rotatable bonds is 2. The fraction of sp³-hybridized carbons (Fsp3) is 0. The first-order chi connectivity index (χ1) is 20.8. The largest absolute Gasteiger partial charge is 0.254 e. The molecule has 0 N–H and O–H groups in total. The fourth-order valence-corrected chi connectivity index (χ4v) is 6.08. The van der Waals surface area contributed by atoms with E-state index < -0.39 is 0 Å². The van der Waals surface area contributed by atoms with Gasteiger partial charge in [-0.25, -0.2) is 15.0 Å². The fourth-order valence-electron chi connectivity index (χ4n) is 6.08. The van der Waals surface area contributed by atoms with E-state index in [1.54, 1.807) is 0 Å². The average Bonchev–Trinajstić information content (AvgIpc) is 3.06. The first kappa shape index (κ1) is 22.9. The van der Waals surface area contributed by atoms with Gasteiger partial charge in [-0.3, -0.25) is 9.97 Å². The van der Waals surface area contributed by atoms with Crippen LogP contribution >= 0.6 is 0 Å². The van der Waals surface area contributed by atoms with Crippen LogP contribution in [0.15, 0.2) is 128 Å². The molecule has 0 amide bonds. The Morgan fingerprint density at radius 2 is 1.07 bits per heavy atom. The highest BCUT2D eigenvalue weighted by atomic mass is 14.8. The first-order valence-electron chi connectivity index (χ1n) is 13.9. The quantitative estimate of drug-likeness (QED) is 0.163. The van der Waals surface area contributed by atoms with Gasteiger partial charge in [-0.05, 0) is 42.5 Å². The van der Waals surface area contributed by atoms with Crippen molar-refractivity contribution in [1.29, 1.82) is 0 Å². The lowest BCUT2D eigenvalue weighted by Gasteiger charge is -2.13. The Morgan fingerprint density at radius 3 is 1.93 bits per heavy atom. The minimum Gasteiger partial charge on any atom is -0.254 e. The molecule has 0 aliphatic heterocycles. The Bertz CT molecular complexity index is 2540. The average molecular weight is 536 g/mol. The second kappa shape index (κ2) is 8.85. The van der Waals surface area contributed by atoms with Crippen LogP contribution in [0.3, 0.4) is 0 Å². The Labute approximate surface area is 240 Å². The van der Waals surface area contributed by atoms with Crippen molar-refractivity contribution in [1.82, 2.24) is 24.9 Å². The van der Waals surface area contributed by atoms with E-state index in [2.05, 4.69) is 107 Å². The summed E-state index contributed by atoms with van der Waals surface area (Å²) >= 11 is 0. The molecular weight excluding hydrogens is 514 g/mol. The van der Waals surface area contributed by atoms with E-state index in [0.717, 1.165) is 87.9 Å². The Morgan fingerprint density at radius 1 is 0.381 bits per heavy atom. The van der Waals surface area contributed by atoms with E-state index in [4.69, 9.17) is 15.0 Å². The van der Waals surface area contributed by atoms with Crippen LogP contribution in [0.5, 0.6) is 0 Å². The normalized spacial score (nSPS) is 11.8. The molecule has 0 aliphatic rings. The smallest absolute Gasteiger partial charge is 0.0979 e. The predicted octanol–water partition coefficient (Wildman–Crippen LogP) is 8.91. The van der Waals surface area contributed by atoms with Crippen molar-refractivity contribution < 1.29 is 0 Å². The summed E-state index contributed by atoms with van der Waals surface area (Å²) in [7, 11) is 0. The van der Waals surface area contributed by atoms with E-state index in [1.165, 1.54) is 0 Å². The summed E-state index contributed by atoms with van der Waals surface area (Å²) in [5, 5.41) is 6.42. The number of hydrogen-bond acceptors (Lipinski definition) is 5. The van der Waals surface area contributed by atoms with Crippen LogP contribution in [-0.2, 0) is 0 Å². The van der Waals surface area contributed by atoms with Crippen LogP contribution in [0.25, 0.3) is 87.9 Å². The van der Waals surface area contributed by atoms with Gasteiger partial charge in [-0.15, -0.1) is 0 Å². The van der Waals surface area contributed by atoms with Crippen LogP contribution in [0.1, 0.15) is 0 Å². The highest BCUT2D eigenvalue weighted by Crippen LogP contribution is 2.37. The second-order valence-corrected chi connectivity index (χ2v) is 10.6. The molecule has 0 unspecified atom stereocenters. The number of aromatic nitrogens is 5. The minimum atomic E-state index is 0.892. The third-order valence-electron chi connectivity index (χ3n) is 8.10. The molecule has 9 rings (SSSR count). The Kier molecular flexibility index (Phi) is 4.83. The lowest BCUT2D eigenvalue weighted by molar-refractivity contribution is 1.37. The Balaban J connectivity index is 1.22. The highest BCUT2D eigenvalue weighted by Gasteiger charge is 2.15. The number of benzene rings is 4. The molecule has 0 bridgehead atoms. The summed E-state index contributed by atoms with van der Waals surface area (Å²) in [4.78, 5) is 24.5. The van der Waals surface area contributed by atoms with Crippen LogP contribution in [0, 0.1) is 0 Å². The van der Waals surface area contributed by atoms with Crippen molar-refractivity contribution in [2.24, 2.45) is 0 Å². The van der Waals surface area contributed by atoms with E-state index in [-0.39, 0.29) is 0 Å². The van der Waals surface area contributed by atoms with Gasteiger partial charge in [0.25, 0.3) is 0 Å². The van der Waals surface area contributed by atoms with Crippen molar-refractivity contribution in [3.8, 4) is 22.5 Å². The lowest BCUT2D eigenvalue weighted by atomic mass is 9.97. The van der Waals surface area contributed by atoms with Gasteiger partial charge in [0.05, 0.1) is 44.5 Å². The van der Waals surface area contributed by atoms with Crippen molar-refractivity contribution in [2.45, 2.75) is 0 Å². The van der Waals surface area contributed by atoms with Gasteiger partial charge in [-0.1, -0.05) is 72.8 Å². The van der Waals surface area contributed by atoms with Gasteiger partial charge in [0.2, 0.25) is 0 Å². The third-order valence-corrected chi connectivity index (χ3v) is 8.10. The van der Waals surface area contributed by atoms with Gasteiger partial charge in [0, 0.05) is 55.8 Å². The first-order valence-corrected chi connectivity index (χ1v) is 13.9. The maximum atomic E-state index is 5.17. The molecule has 0 radical (unpaired) electrons. The lowest BCUT2D eigenvalue weighted by Crippen LogP contribution is -1.94. The number of pyridine rings is 5. The molecular formula is C37H21N5. The molecule has 5 aromatic heterocycles. The summed E-state index contributed by atoms with van der Waals surface area (Å²) < 4.78 is 0. The molecule has 42 heavy (non-hydrogen) atoms. The zero-order valence-electron chi connectivity index (χ0n) is 22.4. The van der Waals surface area contributed by atoms with Crippen LogP contribution in [0.4, 0.5) is 0 Å². The molecule has 5 heterocycles. The van der Waals surface area contributed by atoms with E-state index >= 15 is 0 Å². The maximum absolute atomic E-state index is 5.17. The van der Waals surface area contributed by atoms with E-state index in [9.17, 15) is 0 Å². The van der Waals surface area contributed by atoms with E-state index in [0.29, 0.717) is 0 Å². The van der Waals surface area contributed by atoms with Gasteiger partial charge in [0.15, 0.2) is 0 Å². The SMILES string of the molecule is c1cnc2c(c1)ccc1ccc(-c3ccc4nc(-c5c6ccccc6nc6c5ccc5cccnc56)ccc4c3)nc12. The molecule has 0 atom stereocenters. The van der Waals surface area contributed by atoms with Crippen molar-refractivity contribution >= 4 is 65.4 Å². The van der Waals surface area contributed by atoms with Crippen LogP contribution in [0.2, 0.25) is 0 Å². The summed E-state index contributed by atoms with van der Waals surface area (Å²) in [5.74, 6) is 0. The maximum Gasteiger partial charge on any atom is 0.0979 e. The molecule has 5 nitrogen and oxygen atoms in total. The van der Waals surface area contributed by atoms with Gasteiger partial charge >= 0.3 is 0 Å². The van der Waals surface area contributed by atoms with Gasteiger partial charge in [-0.2, -0.15) is 0 Å². The number of hydrogen-bond donors (Lipinski definition) is 0. The van der Waals surface area contributed by atoms with Crippen molar-refractivity contribution in [3.63, 3.8) is 0 Å². The zero-order chi connectivity index (χ0) is 27.6. The molecule has 194 valence electrons. The number of fused-ring (bicyclic) bond motifs is 8. The van der Waals surface area contributed by atoms with Crippen molar-refractivity contribution in [3.05, 3.63) is 128 Å². The monoisotopic (exact) mass is 535 g/mol. The predicted molar refractivity (Wildman–Crippen MR) is 171 cm³/mol. The second-order valence-electron chi connectivity index (χ2n) is 10.6. The van der Waals surface area contributed by atoms with Gasteiger partial charge in [0.1, 0.15) is 0 Å². The molecule has 5 heteroatoms. The zero-order valence-corrected chi connectivity index (χ0v) is 22.4. The molecule has 0 saturated heterocycles. The van der Waals surface area contributed by atoms with Crippen molar-refractivity contribution in [2.75, 3.05) is 0 Å². The highest BCUT2D eigenvalue weighted by molar-refractivity contribution is 6.15. The number of nitrogens with zero attached hydrogens (tertiary/aromatic N) is 5. The molecule has 4 aromatic carbocycles. The minimum absolute atomic E-state index is 0.892. The Hall–Kier alpha value is -5.81. The summed E-state index contributed by atoms with van der Waals surface area (Å²) in [6.45, 7) is 0.